The van der Waals surface area contributed by atoms with Crippen molar-refractivity contribution in [1.82, 2.24) is 0 Å². The molecule has 0 saturated heterocycles. The van der Waals surface area contributed by atoms with Gasteiger partial charge in [-0.1, -0.05) is 12.1 Å². The van der Waals surface area contributed by atoms with Gasteiger partial charge in [-0.15, -0.1) is 0 Å². The zero-order chi connectivity index (χ0) is 16.7. The molecule has 7 nitrogen and oxygen atoms in total. The molecule has 3 aromatic rings. The van der Waals surface area contributed by atoms with Crippen LogP contribution in [0.5, 0.6) is 23.0 Å². The molecule has 0 radical (unpaired) electrons. The minimum Gasteiger partial charge on any atom is -0.508 e. The molecule has 2 aromatic carbocycles. The Balaban J connectivity index is 2.48. The third kappa shape index (κ3) is 2.10. The molecule has 0 bridgehead atoms. The Kier molecular flexibility index (Phi) is 3.08. The monoisotopic (exact) mass is 311 g/mol. The normalized spacial score (nSPS) is 10.6. The van der Waals surface area contributed by atoms with E-state index in [1.165, 1.54) is 24.3 Å². The summed E-state index contributed by atoms with van der Waals surface area (Å²) < 4.78 is 5.00. The summed E-state index contributed by atoms with van der Waals surface area (Å²) in [4.78, 5) is 12.2. The van der Waals surface area contributed by atoms with Gasteiger partial charge in [0.05, 0.1) is 11.1 Å². The number of benzene rings is 2. The SMILES string of the molecule is N#Cc1c(-c2ccc(O)cc2)c(=O)oc2c(O)c(O)c(O)cc12. The van der Waals surface area contributed by atoms with Crippen LogP contribution < -0.4 is 5.63 Å². The Hall–Kier alpha value is -3.66. The van der Waals surface area contributed by atoms with Crippen molar-refractivity contribution in [3.05, 3.63) is 46.3 Å². The van der Waals surface area contributed by atoms with Gasteiger partial charge < -0.3 is 24.8 Å². The van der Waals surface area contributed by atoms with E-state index >= 15 is 0 Å². The molecule has 7 heteroatoms. The van der Waals surface area contributed by atoms with Crippen molar-refractivity contribution in [1.29, 1.82) is 5.26 Å². The van der Waals surface area contributed by atoms with E-state index in [1.54, 1.807) is 0 Å². The second-order valence-corrected chi connectivity index (χ2v) is 4.77. The van der Waals surface area contributed by atoms with Crippen LogP contribution in [0.3, 0.4) is 0 Å². The first-order chi connectivity index (χ1) is 10.9. The number of phenols is 4. The molecule has 1 heterocycles. The first-order valence-corrected chi connectivity index (χ1v) is 6.38. The first-order valence-electron chi connectivity index (χ1n) is 6.38. The lowest BCUT2D eigenvalue weighted by Gasteiger charge is -2.09. The maximum absolute atomic E-state index is 12.2. The molecule has 0 fully saturated rings. The second kappa shape index (κ2) is 4.96. The van der Waals surface area contributed by atoms with Gasteiger partial charge in [-0.25, -0.2) is 4.79 Å². The van der Waals surface area contributed by atoms with E-state index in [2.05, 4.69) is 0 Å². The number of nitriles is 1. The second-order valence-electron chi connectivity index (χ2n) is 4.77. The number of nitrogens with zero attached hydrogens (tertiary/aromatic N) is 1. The molecule has 114 valence electrons. The minimum atomic E-state index is -0.903. The van der Waals surface area contributed by atoms with E-state index in [1.807, 2.05) is 6.07 Å². The largest absolute Gasteiger partial charge is 0.508 e. The predicted octanol–water partition coefficient (Wildman–Crippen LogP) is 2.15. The maximum atomic E-state index is 12.2. The van der Waals surface area contributed by atoms with Crippen LogP contribution in [-0.2, 0) is 0 Å². The number of phenolic OH excluding ortho intramolecular Hbond substituents is 4. The summed E-state index contributed by atoms with van der Waals surface area (Å²) in [6.07, 6.45) is 0. The van der Waals surface area contributed by atoms with Crippen LogP contribution in [0.2, 0.25) is 0 Å². The molecule has 0 aliphatic heterocycles. The van der Waals surface area contributed by atoms with Crippen LogP contribution in [-0.4, -0.2) is 20.4 Å². The highest BCUT2D eigenvalue weighted by molar-refractivity contribution is 5.95. The molecule has 0 atom stereocenters. The van der Waals surface area contributed by atoms with E-state index < -0.39 is 28.5 Å². The van der Waals surface area contributed by atoms with E-state index in [0.717, 1.165) is 6.07 Å². The quantitative estimate of drug-likeness (QED) is 0.399. The fourth-order valence-corrected chi connectivity index (χ4v) is 2.30. The van der Waals surface area contributed by atoms with Crippen LogP contribution in [0.1, 0.15) is 5.56 Å². The van der Waals surface area contributed by atoms with Crippen molar-refractivity contribution in [2.75, 3.05) is 0 Å². The molecule has 1 aromatic heterocycles. The summed E-state index contributed by atoms with van der Waals surface area (Å²) in [5.41, 5.74) is -1.19. The summed E-state index contributed by atoms with van der Waals surface area (Å²) in [6, 6.07) is 8.39. The van der Waals surface area contributed by atoms with Crippen LogP contribution in [0.4, 0.5) is 0 Å². The maximum Gasteiger partial charge on any atom is 0.345 e. The molecule has 4 N–H and O–H groups in total. The van der Waals surface area contributed by atoms with Crippen molar-refractivity contribution in [3.8, 4) is 40.2 Å². The molecule has 0 saturated carbocycles. The number of hydrogen-bond donors (Lipinski definition) is 4. The number of fused-ring (bicyclic) bond motifs is 1. The summed E-state index contributed by atoms with van der Waals surface area (Å²) >= 11 is 0. The van der Waals surface area contributed by atoms with E-state index in [-0.39, 0.29) is 22.3 Å². The highest BCUT2D eigenvalue weighted by Crippen LogP contribution is 2.42. The average molecular weight is 311 g/mol. The Labute approximate surface area is 128 Å². The number of aromatic hydroxyl groups is 4. The minimum absolute atomic E-state index is 0.0161. The standard InChI is InChI=1S/C16H9NO6/c17-6-10-9-5-11(19)13(20)14(21)15(9)23-16(22)12(10)7-1-3-8(18)4-2-7/h1-5,18-21H. The van der Waals surface area contributed by atoms with Gasteiger partial charge in [0.2, 0.25) is 11.5 Å². The summed E-state index contributed by atoms with van der Waals surface area (Å²) in [7, 11) is 0. The van der Waals surface area contributed by atoms with E-state index in [9.17, 15) is 30.5 Å². The zero-order valence-corrected chi connectivity index (χ0v) is 11.4. The molecule has 0 aliphatic carbocycles. The zero-order valence-electron chi connectivity index (χ0n) is 11.4. The van der Waals surface area contributed by atoms with Crippen LogP contribution in [0.25, 0.3) is 22.1 Å². The summed E-state index contributed by atoms with van der Waals surface area (Å²) in [6.45, 7) is 0. The van der Waals surface area contributed by atoms with E-state index in [4.69, 9.17) is 4.42 Å². The van der Waals surface area contributed by atoms with Gasteiger partial charge in [-0.3, -0.25) is 0 Å². The highest BCUT2D eigenvalue weighted by Gasteiger charge is 2.22. The van der Waals surface area contributed by atoms with Crippen molar-refractivity contribution < 1.29 is 24.8 Å². The lowest BCUT2D eigenvalue weighted by Crippen LogP contribution is -2.06. The van der Waals surface area contributed by atoms with Crippen LogP contribution in [0, 0.1) is 11.3 Å². The average Bonchev–Trinajstić information content (AvgIpc) is 2.54. The third-order valence-corrected chi connectivity index (χ3v) is 3.39. The Morgan fingerprint density at radius 3 is 2.26 bits per heavy atom. The molecular weight excluding hydrogens is 302 g/mol. The Morgan fingerprint density at radius 2 is 1.65 bits per heavy atom. The highest BCUT2D eigenvalue weighted by atomic mass is 16.4. The van der Waals surface area contributed by atoms with Crippen LogP contribution in [0.15, 0.2) is 39.5 Å². The fourth-order valence-electron chi connectivity index (χ4n) is 2.30. The van der Waals surface area contributed by atoms with Gasteiger partial charge in [-0.05, 0) is 23.8 Å². The van der Waals surface area contributed by atoms with Crippen molar-refractivity contribution >= 4 is 11.0 Å². The van der Waals surface area contributed by atoms with E-state index in [0.29, 0.717) is 5.56 Å². The van der Waals surface area contributed by atoms with Gasteiger partial charge in [0.25, 0.3) is 0 Å². The van der Waals surface area contributed by atoms with Gasteiger partial charge in [-0.2, -0.15) is 5.26 Å². The lowest BCUT2D eigenvalue weighted by atomic mass is 9.98. The van der Waals surface area contributed by atoms with Crippen molar-refractivity contribution in [2.45, 2.75) is 0 Å². The Bertz CT molecular complexity index is 1030. The van der Waals surface area contributed by atoms with Crippen molar-refractivity contribution in [2.24, 2.45) is 0 Å². The summed E-state index contributed by atoms with van der Waals surface area (Å²) in [5, 5.41) is 47.6. The van der Waals surface area contributed by atoms with Gasteiger partial charge in [0.1, 0.15) is 11.8 Å². The van der Waals surface area contributed by atoms with Crippen LogP contribution >= 0.6 is 0 Å². The third-order valence-electron chi connectivity index (χ3n) is 3.39. The molecular formula is C16H9NO6. The topological polar surface area (TPSA) is 135 Å². The first kappa shape index (κ1) is 14.3. The molecule has 0 aliphatic rings. The molecule has 23 heavy (non-hydrogen) atoms. The number of hydrogen-bond acceptors (Lipinski definition) is 7. The van der Waals surface area contributed by atoms with Gasteiger partial charge >= 0.3 is 5.63 Å². The molecule has 0 spiro atoms. The van der Waals surface area contributed by atoms with Gasteiger partial charge in [0, 0.05) is 5.39 Å². The number of rotatable bonds is 1. The smallest absolute Gasteiger partial charge is 0.345 e. The van der Waals surface area contributed by atoms with Gasteiger partial charge in [0.15, 0.2) is 11.3 Å². The molecule has 0 unspecified atom stereocenters. The molecule has 0 amide bonds. The lowest BCUT2D eigenvalue weighted by molar-refractivity contribution is 0.365. The predicted molar refractivity (Wildman–Crippen MR) is 79.3 cm³/mol. The molecule has 3 rings (SSSR count). The fraction of sp³-hybridized carbons (Fsp3) is 0. The van der Waals surface area contributed by atoms with Crippen molar-refractivity contribution in [3.63, 3.8) is 0 Å². The Morgan fingerprint density at radius 1 is 1.00 bits per heavy atom. The summed E-state index contributed by atoms with van der Waals surface area (Å²) in [5.74, 6) is -2.34.